The predicted molar refractivity (Wildman–Crippen MR) is 117 cm³/mol. The van der Waals surface area contributed by atoms with Crippen molar-refractivity contribution in [1.82, 2.24) is 10.4 Å². The summed E-state index contributed by atoms with van der Waals surface area (Å²) in [5, 5.41) is 4.79. The first-order chi connectivity index (χ1) is 15.1. The first-order valence-electron chi connectivity index (χ1n) is 9.32. The fourth-order valence-electron chi connectivity index (χ4n) is 2.70. The van der Waals surface area contributed by atoms with Crippen LogP contribution in [0.4, 0.5) is 0 Å². The van der Waals surface area contributed by atoms with Gasteiger partial charge < -0.3 is 9.15 Å². The van der Waals surface area contributed by atoms with Crippen molar-refractivity contribution in [2.45, 2.75) is 6.92 Å². The SMILES string of the molecule is Cc1nc(-c2ccccc2)sc1C(=O)N/N=C/c1ccc(OC(=O)c2ccco2)cc1. The van der Waals surface area contributed by atoms with Crippen LogP contribution >= 0.6 is 11.3 Å². The minimum Gasteiger partial charge on any atom is -0.457 e. The van der Waals surface area contributed by atoms with Gasteiger partial charge in [-0.3, -0.25) is 4.79 Å². The van der Waals surface area contributed by atoms with Crippen LogP contribution in [0.1, 0.15) is 31.5 Å². The largest absolute Gasteiger partial charge is 0.457 e. The van der Waals surface area contributed by atoms with Crippen molar-refractivity contribution in [3.05, 3.63) is 94.9 Å². The number of aromatic nitrogens is 1. The number of amides is 1. The Labute approximate surface area is 182 Å². The molecule has 0 spiro atoms. The lowest BCUT2D eigenvalue weighted by Crippen LogP contribution is -2.17. The van der Waals surface area contributed by atoms with Crippen LogP contribution < -0.4 is 10.2 Å². The summed E-state index contributed by atoms with van der Waals surface area (Å²) in [6.45, 7) is 1.80. The predicted octanol–water partition coefficient (Wildman–Crippen LogP) is 4.69. The highest BCUT2D eigenvalue weighted by Crippen LogP contribution is 2.27. The summed E-state index contributed by atoms with van der Waals surface area (Å²) in [6, 6.07) is 19.5. The van der Waals surface area contributed by atoms with Crippen molar-refractivity contribution < 1.29 is 18.7 Å². The maximum atomic E-state index is 12.5. The second-order valence-corrected chi connectivity index (χ2v) is 7.43. The third-order valence-corrected chi connectivity index (χ3v) is 5.42. The van der Waals surface area contributed by atoms with E-state index in [0.717, 1.165) is 16.1 Å². The fourth-order valence-corrected chi connectivity index (χ4v) is 3.66. The van der Waals surface area contributed by atoms with Gasteiger partial charge >= 0.3 is 5.97 Å². The number of carbonyl (C=O) groups is 2. The molecule has 0 radical (unpaired) electrons. The molecule has 7 nitrogen and oxygen atoms in total. The van der Waals surface area contributed by atoms with E-state index in [1.807, 2.05) is 30.3 Å². The zero-order chi connectivity index (χ0) is 21.6. The number of hydrogen-bond donors (Lipinski definition) is 1. The van der Waals surface area contributed by atoms with E-state index >= 15 is 0 Å². The summed E-state index contributed by atoms with van der Waals surface area (Å²) < 4.78 is 10.2. The lowest BCUT2D eigenvalue weighted by atomic mass is 10.2. The van der Waals surface area contributed by atoms with Gasteiger partial charge in [0, 0.05) is 5.56 Å². The van der Waals surface area contributed by atoms with Crippen LogP contribution in [0.3, 0.4) is 0 Å². The maximum Gasteiger partial charge on any atom is 0.379 e. The highest BCUT2D eigenvalue weighted by molar-refractivity contribution is 7.17. The topological polar surface area (TPSA) is 93.8 Å². The molecular weight excluding hydrogens is 414 g/mol. The number of hydrogen-bond acceptors (Lipinski definition) is 7. The molecular formula is C23H17N3O4S. The van der Waals surface area contributed by atoms with Gasteiger partial charge in [-0.05, 0) is 48.9 Å². The number of hydrazone groups is 1. The van der Waals surface area contributed by atoms with Gasteiger partial charge in [0.15, 0.2) is 0 Å². The average molecular weight is 431 g/mol. The number of esters is 1. The number of furan rings is 1. The number of aryl methyl sites for hydroxylation is 1. The van der Waals surface area contributed by atoms with Crippen molar-refractivity contribution in [3.8, 4) is 16.3 Å². The van der Waals surface area contributed by atoms with E-state index in [4.69, 9.17) is 9.15 Å². The van der Waals surface area contributed by atoms with E-state index < -0.39 is 5.97 Å². The number of rotatable bonds is 6. The smallest absolute Gasteiger partial charge is 0.379 e. The van der Waals surface area contributed by atoms with E-state index in [0.29, 0.717) is 16.3 Å². The lowest BCUT2D eigenvalue weighted by molar-refractivity contribution is 0.0701. The Morgan fingerprint density at radius 2 is 1.84 bits per heavy atom. The molecule has 2 aromatic carbocycles. The Morgan fingerprint density at radius 3 is 2.55 bits per heavy atom. The van der Waals surface area contributed by atoms with Gasteiger partial charge in [-0.15, -0.1) is 11.3 Å². The monoisotopic (exact) mass is 431 g/mol. The number of carbonyl (C=O) groups excluding carboxylic acids is 2. The second-order valence-electron chi connectivity index (χ2n) is 6.43. The van der Waals surface area contributed by atoms with E-state index in [1.54, 1.807) is 37.3 Å². The van der Waals surface area contributed by atoms with Gasteiger partial charge in [0.05, 0.1) is 18.2 Å². The minimum atomic E-state index is -0.575. The Balaban J connectivity index is 1.36. The normalized spacial score (nSPS) is 10.9. The highest BCUT2D eigenvalue weighted by atomic mass is 32.1. The van der Waals surface area contributed by atoms with E-state index in [1.165, 1.54) is 29.9 Å². The average Bonchev–Trinajstić information content (AvgIpc) is 3.46. The quantitative estimate of drug-likeness (QED) is 0.207. The van der Waals surface area contributed by atoms with Gasteiger partial charge in [-0.25, -0.2) is 15.2 Å². The molecule has 1 N–H and O–H groups in total. The summed E-state index contributed by atoms with van der Waals surface area (Å²) in [5.41, 5.74) is 4.86. The van der Waals surface area contributed by atoms with Crippen molar-refractivity contribution in [2.75, 3.05) is 0 Å². The van der Waals surface area contributed by atoms with Crippen molar-refractivity contribution in [3.63, 3.8) is 0 Å². The number of ether oxygens (including phenoxy) is 1. The molecule has 4 rings (SSSR count). The van der Waals surface area contributed by atoms with Crippen molar-refractivity contribution in [1.29, 1.82) is 0 Å². The van der Waals surface area contributed by atoms with Crippen LogP contribution in [-0.2, 0) is 0 Å². The molecule has 8 heteroatoms. The van der Waals surface area contributed by atoms with Crippen LogP contribution in [0.25, 0.3) is 10.6 Å². The Kier molecular flexibility index (Phi) is 6.00. The molecule has 0 aliphatic rings. The molecule has 0 atom stereocenters. The van der Waals surface area contributed by atoms with E-state index in [-0.39, 0.29) is 11.7 Å². The maximum absolute atomic E-state index is 12.5. The molecule has 31 heavy (non-hydrogen) atoms. The standard InChI is InChI=1S/C23H17N3O4S/c1-15-20(31-22(25-15)17-6-3-2-4-7-17)21(27)26-24-14-16-9-11-18(12-10-16)30-23(28)19-8-5-13-29-19/h2-14H,1H3,(H,26,27)/b24-14+. The second kappa shape index (κ2) is 9.19. The van der Waals surface area contributed by atoms with Crippen molar-refractivity contribution >= 4 is 29.4 Å². The van der Waals surface area contributed by atoms with Gasteiger partial charge in [0.25, 0.3) is 5.91 Å². The van der Waals surface area contributed by atoms with Crippen LogP contribution in [0.15, 0.2) is 82.5 Å². The molecule has 0 unspecified atom stereocenters. The number of benzene rings is 2. The van der Waals surface area contributed by atoms with Crippen LogP contribution in [0.5, 0.6) is 5.75 Å². The summed E-state index contributed by atoms with van der Waals surface area (Å²) >= 11 is 1.32. The lowest BCUT2D eigenvalue weighted by Gasteiger charge is -2.02. The number of nitrogens with one attached hydrogen (secondary N) is 1. The molecule has 2 aromatic heterocycles. The minimum absolute atomic E-state index is 0.127. The first kappa shape index (κ1) is 20.2. The molecule has 2 heterocycles. The van der Waals surface area contributed by atoms with E-state index in [2.05, 4.69) is 15.5 Å². The fraction of sp³-hybridized carbons (Fsp3) is 0.0435. The van der Waals surface area contributed by atoms with Crippen LogP contribution in [0.2, 0.25) is 0 Å². The summed E-state index contributed by atoms with van der Waals surface area (Å²) in [6.07, 6.45) is 2.91. The molecule has 154 valence electrons. The summed E-state index contributed by atoms with van der Waals surface area (Å²) in [4.78, 5) is 29.3. The molecule has 0 bridgehead atoms. The number of thiazole rings is 1. The zero-order valence-corrected chi connectivity index (χ0v) is 17.3. The first-order valence-corrected chi connectivity index (χ1v) is 10.1. The number of nitrogens with zero attached hydrogens (tertiary/aromatic N) is 2. The molecule has 1 amide bonds. The highest BCUT2D eigenvalue weighted by Gasteiger charge is 2.15. The Hall–Kier alpha value is -4.04. The summed E-state index contributed by atoms with van der Waals surface area (Å²) in [5.74, 6) is -0.399. The molecule has 4 aromatic rings. The third kappa shape index (κ3) is 4.93. The van der Waals surface area contributed by atoms with Gasteiger partial charge in [-0.1, -0.05) is 30.3 Å². The molecule has 0 aliphatic carbocycles. The molecule has 0 fully saturated rings. The van der Waals surface area contributed by atoms with Crippen molar-refractivity contribution in [2.24, 2.45) is 5.10 Å². The van der Waals surface area contributed by atoms with Gasteiger partial charge in [-0.2, -0.15) is 5.10 Å². The van der Waals surface area contributed by atoms with Gasteiger partial charge in [0.2, 0.25) is 5.76 Å². The molecule has 0 aliphatic heterocycles. The zero-order valence-electron chi connectivity index (χ0n) is 16.4. The van der Waals surface area contributed by atoms with Gasteiger partial charge in [0.1, 0.15) is 15.6 Å². The van der Waals surface area contributed by atoms with E-state index in [9.17, 15) is 9.59 Å². The Morgan fingerprint density at radius 1 is 1.06 bits per heavy atom. The summed E-state index contributed by atoms with van der Waals surface area (Å²) in [7, 11) is 0. The third-order valence-electron chi connectivity index (χ3n) is 4.22. The van der Waals surface area contributed by atoms with Crippen LogP contribution in [-0.4, -0.2) is 23.1 Å². The van der Waals surface area contributed by atoms with Crippen LogP contribution in [0, 0.1) is 6.92 Å². The Bertz CT molecular complexity index is 1210. The molecule has 0 saturated heterocycles. The molecule has 0 saturated carbocycles.